The van der Waals surface area contributed by atoms with E-state index in [9.17, 15) is 0 Å². The fourth-order valence-corrected chi connectivity index (χ4v) is 0. The minimum atomic E-state index is 0. The molecule has 1 atom stereocenters. The van der Waals surface area contributed by atoms with Crippen molar-refractivity contribution in [2.45, 2.75) is 0 Å². The molecule has 0 nitrogen and oxygen atoms in total. The van der Waals surface area contributed by atoms with E-state index >= 15 is 0 Å². The molecule has 0 heterocycles. The third-order valence-electron chi connectivity index (χ3n) is 0. The van der Waals surface area contributed by atoms with Gasteiger partial charge in [-0.2, -0.15) is 9.90 Å². The summed E-state index contributed by atoms with van der Waals surface area (Å²) in [7, 11) is 1.38. The summed E-state index contributed by atoms with van der Waals surface area (Å²) in [6.07, 6.45) is 0. The molecule has 4 heteroatoms. The molecule has 0 bridgehead atoms. The molecule has 0 aliphatic heterocycles. The summed E-state index contributed by atoms with van der Waals surface area (Å²) in [5.41, 5.74) is 0. The fraction of sp³-hybridized carbons (Fsp3) is 0. The van der Waals surface area contributed by atoms with Crippen LogP contribution in [0.2, 0.25) is 0 Å². The molecule has 0 aromatic rings. The van der Waals surface area contributed by atoms with E-state index in [0.717, 1.165) is 0 Å². The van der Waals surface area contributed by atoms with Crippen molar-refractivity contribution in [1.29, 1.82) is 0 Å². The Labute approximate surface area is 58.1 Å². The fourth-order valence-electron chi connectivity index (χ4n) is 0. The number of rotatable bonds is 0. The van der Waals surface area contributed by atoms with Crippen molar-refractivity contribution in [2.24, 2.45) is 0 Å². The van der Waals surface area contributed by atoms with Gasteiger partial charge in [-0.15, -0.1) is 0 Å². The van der Waals surface area contributed by atoms with Gasteiger partial charge in [0.1, 0.15) is 0 Å². The van der Waals surface area contributed by atoms with Crippen LogP contribution in [-0.2, 0) is 8.26 Å². The first-order valence-corrected chi connectivity index (χ1v) is 6.97. The van der Waals surface area contributed by atoms with Gasteiger partial charge in [0, 0.05) is 0 Å². The van der Waals surface area contributed by atoms with Crippen LogP contribution < -0.4 is 0 Å². The quantitative estimate of drug-likeness (QED) is 0.464. The molecule has 0 saturated carbocycles. The Balaban J connectivity index is 0. The van der Waals surface area contributed by atoms with Gasteiger partial charge in [-0.05, 0) is 0 Å². The molecule has 0 amide bonds. The number of hydrogen-bond acceptors (Lipinski definition) is 0. The molecule has 0 aromatic heterocycles. The summed E-state index contributed by atoms with van der Waals surface area (Å²) in [6, 6.07) is 0. The third-order valence-corrected chi connectivity index (χ3v) is 0. The molecule has 0 aliphatic rings. The van der Waals surface area contributed by atoms with Gasteiger partial charge in [-0.3, -0.25) is 0 Å². The van der Waals surface area contributed by atoms with Crippen LogP contribution in [0.4, 0.5) is 0 Å². The van der Waals surface area contributed by atoms with E-state index in [4.69, 9.17) is 0 Å². The van der Waals surface area contributed by atoms with Crippen molar-refractivity contribution in [3.05, 3.63) is 0 Å². The van der Waals surface area contributed by atoms with E-state index in [1.807, 2.05) is 0 Å². The summed E-state index contributed by atoms with van der Waals surface area (Å²) < 4.78 is 0. The third kappa shape index (κ3) is 8.83. The van der Waals surface area contributed by atoms with Gasteiger partial charge in [-0.25, -0.2) is 0 Å². The van der Waals surface area contributed by atoms with E-state index in [0.29, 0.717) is 0 Å². The summed E-state index contributed by atoms with van der Waals surface area (Å²) in [4.78, 5) is 0. The number of hydrogen-bond donors (Lipinski definition) is 0. The zero-order valence-corrected chi connectivity index (χ0v) is 8.57. The summed E-state index contributed by atoms with van der Waals surface area (Å²) in [6.45, 7) is 0. The van der Waals surface area contributed by atoms with Crippen LogP contribution in [0.5, 0.6) is 0 Å². The summed E-state index contributed by atoms with van der Waals surface area (Å²) >= 11 is 4.49. The van der Waals surface area contributed by atoms with E-state index < -0.39 is 0 Å². The second-order valence-corrected chi connectivity index (χ2v) is 8.84. The Bertz CT molecular complexity index is 6.00. The second-order valence-electron chi connectivity index (χ2n) is 0.0476. The van der Waals surface area contributed by atoms with Crippen molar-refractivity contribution in [1.82, 2.24) is 0 Å². The molecule has 0 N–H and O–H groups in total. The van der Waals surface area contributed by atoms with Crippen LogP contribution in [0, 0.1) is 0 Å². The van der Waals surface area contributed by atoms with Crippen LogP contribution in [0.25, 0.3) is 0 Å². The molecular weight excluding hydrogens is 344 g/mol. The zero-order valence-electron chi connectivity index (χ0n) is 1.80. The number of halogens is 2. The molecule has 1 unspecified atom stereocenters. The Morgan fingerprint density at radius 1 is 1.25 bits per heavy atom. The molecule has 0 saturated heterocycles. The molecule has 0 aromatic carbocycles. The van der Waals surface area contributed by atoms with Gasteiger partial charge in [-0.1, -0.05) is 0 Å². The second kappa shape index (κ2) is 9.04. The van der Waals surface area contributed by atoms with Gasteiger partial charge in [0.15, 0.2) is 0 Å². The molecule has 0 fully saturated rings. The zero-order chi connectivity index (χ0) is 2.71. The maximum absolute atomic E-state index is 2.24. The molecule has 0 rings (SSSR count). The normalized spacial score (nSPS) is 5.50. The monoisotopic (exact) mass is 347 g/mol. The van der Waals surface area contributed by atoms with E-state index in [2.05, 4.69) is 40.8 Å². The first-order valence-electron chi connectivity index (χ1n) is 0.252. The Morgan fingerprint density at radius 2 is 1.25 bits per heavy atom. The first-order chi connectivity index (χ1) is 1.41. The molecule has 0 aliphatic carbocycles. The van der Waals surface area contributed by atoms with Crippen molar-refractivity contribution in [2.75, 3.05) is 0 Å². The predicted molar refractivity (Wildman–Crippen MR) is 39.1 cm³/mol. The summed E-state index contributed by atoms with van der Waals surface area (Å²) in [5, 5.41) is 0. The summed E-state index contributed by atoms with van der Waals surface area (Å²) in [5.74, 6) is 0. The van der Waals surface area contributed by atoms with Crippen molar-refractivity contribution >= 4 is 50.7 Å². The van der Waals surface area contributed by atoms with E-state index in [1.54, 1.807) is 0 Å². The Kier molecular flexibility index (Phi) is 21.8. The average Bonchev–Trinajstić information content (AvgIpc) is 0.918. The molecular formula is H3CoI2P. The molecule has 31 valence electrons. The van der Waals surface area contributed by atoms with Crippen LogP contribution in [-0.4, -0.2) is 0 Å². The Morgan fingerprint density at radius 3 is 1.25 bits per heavy atom. The van der Waals surface area contributed by atoms with Crippen molar-refractivity contribution in [3.63, 3.8) is 0 Å². The van der Waals surface area contributed by atoms with Gasteiger partial charge in [0.25, 0.3) is 0 Å². The van der Waals surface area contributed by atoms with Crippen LogP contribution in [0.1, 0.15) is 0 Å². The van der Waals surface area contributed by atoms with Crippen molar-refractivity contribution in [3.8, 4) is 0 Å². The van der Waals surface area contributed by atoms with Crippen LogP contribution in [0.15, 0.2) is 0 Å². The maximum atomic E-state index is 2.24. The van der Waals surface area contributed by atoms with Gasteiger partial charge >= 0.3 is 49.1 Å². The van der Waals surface area contributed by atoms with Crippen LogP contribution >= 0.6 is 50.7 Å². The van der Waals surface area contributed by atoms with Gasteiger partial charge in [0.2, 0.25) is 0 Å². The van der Waals surface area contributed by atoms with Crippen LogP contribution in [0.3, 0.4) is 0 Å². The molecule has 4 heavy (non-hydrogen) atoms. The first kappa shape index (κ1) is 9.64. The van der Waals surface area contributed by atoms with E-state index in [-0.39, 0.29) is 9.90 Å². The predicted octanol–water partition coefficient (Wildman–Crippen LogP) is 1.83. The van der Waals surface area contributed by atoms with Crippen molar-refractivity contribution < 1.29 is 8.26 Å². The standard InChI is InChI=1S/Co.2HI.H3P/h;2*1H;1H3/q+2;;;/p-2. The van der Waals surface area contributed by atoms with Gasteiger partial charge < -0.3 is 0 Å². The SMILES string of the molecule is P.[I][Co][I]. The topological polar surface area (TPSA) is 0 Å². The van der Waals surface area contributed by atoms with E-state index in [1.165, 1.54) is 8.26 Å². The Hall–Kier alpha value is 2.40. The average molecular weight is 347 g/mol. The minimum absolute atomic E-state index is 0. The molecule has 0 spiro atoms. The molecule has 0 radical (unpaired) electrons. The van der Waals surface area contributed by atoms with Gasteiger partial charge in [0.05, 0.1) is 0 Å².